The third kappa shape index (κ3) is 2.73. The molecule has 0 atom stereocenters. The molecule has 27 heavy (non-hydrogen) atoms. The normalized spacial score (nSPS) is 11.7. The molecule has 5 rings (SSSR count). The van der Waals surface area contributed by atoms with Crippen LogP contribution in [0.3, 0.4) is 0 Å². The molecule has 0 spiro atoms. The fourth-order valence-electron chi connectivity index (χ4n) is 3.28. The zero-order chi connectivity index (χ0) is 18.5. The van der Waals surface area contributed by atoms with Gasteiger partial charge in [0, 0.05) is 11.3 Å². The molecular weight excluding hydrogens is 356 g/mol. The first-order valence-electron chi connectivity index (χ1n) is 8.95. The molecule has 0 bridgehead atoms. The average molecular weight is 374 g/mol. The molecule has 0 N–H and O–H groups in total. The van der Waals surface area contributed by atoms with Crippen LogP contribution in [0.2, 0.25) is 0 Å². The van der Waals surface area contributed by atoms with E-state index in [9.17, 15) is 0 Å². The minimum atomic E-state index is 0.640. The minimum Gasteiger partial charge on any atom is -0.436 e. The first-order valence-corrected chi connectivity index (χ1v) is 9.76. The number of thiazole rings is 1. The van der Waals surface area contributed by atoms with Gasteiger partial charge < -0.3 is 4.42 Å². The van der Waals surface area contributed by atoms with Crippen molar-refractivity contribution in [3.05, 3.63) is 59.4 Å². The van der Waals surface area contributed by atoms with E-state index in [1.807, 2.05) is 36.7 Å². The topological polar surface area (TPSA) is 56.7 Å². The number of oxazole rings is 1. The lowest BCUT2D eigenvalue weighted by molar-refractivity contribution is 0.620. The molecule has 0 aliphatic carbocycles. The van der Waals surface area contributed by atoms with Crippen LogP contribution in [-0.4, -0.2) is 19.7 Å². The maximum atomic E-state index is 5.97. The maximum Gasteiger partial charge on any atom is 0.227 e. The number of nitrogens with zero attached hydrogens (tertiary/aromatic N) is 4. The molecule has 0 saturated carbocycles. The molecular formula is C21H18N4OS. The lowest BCUT2D eigenvalue weighted by Crippen LogP contribution is -1.97. The largest absolute Gasteiger partial charge is 0.436 e. The molecule has 0 aliphatic heterocycles. The Kier molecular flexibility index (Phi) is 3.62. The van der Waals surface area contributed by atoms with Crippen LogP contribution in [0.1, 0.15) is 23.9 Å². The Hall–Kier alpha value is -2.99. The number of hydrogen-bond acceptors (Lipinski definition) is 5. The van der Waals surface area contributed by atoms with Crippen molar-refractivity contribution < 1.29 is 4.42 Å². The number of aryl methyl sites for hydroxylation is 3. The average Bonchev–Trinajstić information content (AvgIpc) is 3.35. The molecule has 0 radical (unpaired) electrons. The van der Waals surface area contributed by atoms with Crippen LogP contribution in [0.15, 0.2) is 46.9 Å². The predicted molar refractivity (Wildman–Crippen MR) is 109 cm³/mol. The summed E-state index contributed by atoms with van der Waals surface area (Å²) >= 11 is 1.62. The number of hydrogen-bond donors (Lipinski definition) is 0. The second kappa shape index (κ2) is 6.03. The second-order valence-corrected chi connectivity index (χ2v) is 7.70. The van der Waals surface area contributed by atoms with E-state index in [0.717, 1.165) is 49.8 Å². The highest BCUT2D eigenvalue weighted by molar-refractivity contribution is 7.20. The van der Waals surface area contributed by atoms with E-state index < -0.39 is 0 Å². The molecule has 3 aromatic heterocycles. The summed E-state index contributed by atoms with van der Waals surface area (Å²) in [6.45, 7) is 6.17. The van der Waals surface area contributed by atoms with Crippen molar-refractivity contribution in [3.63, 3.8) is 0 Å². The summed E-state index contributed by atoms with van der Waals surface area (Å²) in [5.74, 6) is 0.640. The van der Waals surface area contributed by atoms with Crippen molar-refractivity contribution >= 4 is 32.7 Å². The van der Waals surface area contributed by atoms with Crippen LogP contribution in [0.5, 0.6) is 0 Å². The van der Waals surface area contributed by atoms with Crippen LogP contribution in [-0.2, 0) is 6.42 Å². The molecule has 5 nitrogen and oxygen atoms in total. The van der Waals surface area contributed by atoms with Gasteiger partial charge in [0.25, 0.3) is 0 Å². The van der Waals surface area contributed by atoms with Gasteiger partial charge in [-0.1, -0.05) is 24.3 Å². The zero-order valence-electron chi connectivity index (χ0n) is 15.4. The van der Waals surface area contributed by atoms with Crippen LogP contribution in [0, 0.1) is 13.8 Å². The molecule has 2 aromatic carbocycles. The van der Waals surface area contributed by atoms with Crippen LogP contribution >= 0.6 is 11.3 Å². The fraction of sp³-hybridized carbons (Fsp3) is 0.190. The summed E-state index contributed by atoms with van der Waals surface area (Å²) in [5.41, 5.74) is 6.96. The second-order valence-electron chi connectivity index (χ2n) is 6.69. The third-order valence-corrected chi connectivity index (χ3v) is 5.67. The minimum absolute atomic E-state index is 0.640. The maximum absolute atomic E-state index is 5.97. The first-order chi connectivity index (χ1) is 13.1. The Morgan fingerprint density at radius 3 is 2.67 bits per heavy atom. The van der Waals surface area contributed by atoms with Crippen LogP contribution in [0.4, 0.5) is 0 Å². The molecule has 0 unspecified atom stereocenters. The Morgan fingerprint density at radius 2 is 1.89 bits per heavy atom. The number of benzene rings is 2. The predicted octanol–water partition coefficient (Wildman–Crippen LogP) is 5.47. The van der Waals surface area contributed by atoms with Crippen molar-refractivity contribution in [2.24, 2.45) is 0 Å². The van der Waals surface area contributed by atoms with Crippen molar-refractivity contribution in [2.45, 2.75) is 27.2 Å². The molecule has 134 valence electrons. The van der Waals surface area contributed by atoms with Gasteiger partial charge in [0.2, 0.25) is 11.0 Å². The Bertz CT molecular complexity index is 1290. The fourth-order valence-corrected chi connectivity index (χ4v) is 4.29. The third-order valence-electron chi connectivity index (χ3n) is 4.68. The highest BCUT2D eigenvalue weighted by Crippen LogP contribution is 2.31. The Morgan fingerprint density at radius 1 is 1.00 bits per heavy atom. The van der Waals surface area contributed by atoms with Gasteiger partial charge in [0.1, 0.15) is 5.52 Å². The summed E-state index contributed by atoms with van der Waals surface area (Å²) in [7, 11) is 0. The van der Waals surface area contributed by atoms with Crippen molar-refractivity contribution in [3.8, 4) is 16.6 Å². The monoisotopic (exact) mass is 374 g/mol. The van der Waals surface area contributed by atoms with Crippen LogP contribution < -0.4 is 0 Å². The molecule has 0 fully saturated rings. The lowest BCUT2D eigenvalue weighted by atomic mass is 10.1. The van der Waals surface area contributed by atoms with Gasteiger partial charge in [-0.25, -0.2) is 14.6 Å². The van der Waals surface area contributed by atoms with Crippen molar-refractivity contribution in [2.75, 3.05) is 0 Å². The Labute approximate surface area is 160 Å². The molecule has 3 heterocycles. The quantitative estimate of drug-likeness (QED) is 0.420. The van der Waals surface area contributed by atoms with E-state index in [0.29, 0.717) is 5.89 Å². The zero-order valence-corrected chi connectivity index (χ0v) is 16.2. The van der Waals surface area contributed by atoms with Gasteiger partial charge in [-0.2, -0.15) is 5.10 Å². The van der Waals surface area contributed by atoms with Crippen LogP contribution in [0.25, 0.3) is 37.9 Å². The number of rotatable bonds is 3. The van der Waals surface area contributed by atoms with E-state index in [1.54, 1.807) is 11.3 Å². The Balaban J connectivity index is 1.59. The molecule has 0 amide bonds. The number of fused-ring (bicyclic) bond motifs is 2. The molecule has 0 aliphatic rings. The standard InChI is InChI=1S/C21H18N4OS/c1-4-14-5-8-18-17(10-14)22-20(26-18)15-6-7-16-19(11-15)27-21(23-16)25-13(3)9-12(2)24-25/h5-11H,4H2,1-3H3. The number of aromatic nitrogens is 4. The highest BCUT2D eigenvalue weighted by atomic mass is 32.1. The van der Waals surface area contributed by atoms with Gasteiger partial charge in [-0.05, 0) is 62.2 Å². The van der Waals surface area contributed by atoms with Crippen molar-refractivity contribution in [1.82, 2.24) is 19.7 Å². The summed E-state index contributed by atoms with van der Waals surface area (Å²) in [6, 6.07) is 14.4. The summed E-state index contributed by atoms with van der Waals surface area (Å²) in [6.07, 6.45) is 0.986. The van der Waals surface area contributed by atoms with E-state index in [-0.39, 0.29) is 0 Å². The van der Waals surface area contributed by atoms with Crippen molar-refractivity contribution in [1.29, 1.82) is 0 Å². The van der Waals surface area contributed by atoms with E-state index in [1.165, 1.54) is 5.56 Å². The van der Waals surface area contributed by atoms with Gasteiger partial charge in [0.05, 0.1) is 15.9 Å². The molecule has 5 aromatic rings. The lowest BCUT2D eigenvalue weighted by Gasteiger charge is -1.96. The van der Waals surface area contributed by atoms with Gasteiger partial charge >= 0.3 is 0 Å². The summed E-state index contributed by atoms with van der Waals surface area (Å²) in [4.78, 5) is 9.41. The summed E-state index contributed by atoms with van der Waals surface area (Å²) < 4.78 is 8.96. The smallest absolute Gasteiger partial charge is 0.227 e. The molecule has 0 saturated heterocycles. The highest BCUT2D eigenvalue weighted by Gasteiger charge is 2.13. The first kappa shape index (κ1) is 16.2. The van der Waals surface area contributed by atoms with E-state index in [2.05, 4.69) is 41.3 Å². The molecule has 6 heteroatoms. The SMILES string of the molecule is CCc1ccc2oc(-c3ccc4nc(-n5nc(C)cc5C)sc4c3)nc2c1. The van der Waals surface area contributed by atoms with E-state index in [4.69, 9.17) is 9.40 Å². The van der Waals surface area contributed by atoms with Gasteiger partial charge in [-0.3, -0.25) is 0 Å². The van der Waals surface area contributed by atoms with Gasteiger partial charge in [0.15, 0.2) is 5.58 Å². The summed E-state index contributed by atoms with van der Waals surface area (Å²) in [5, 5.41) is 5.41. The van der Waals surface area contributed by atoms with Gasteiger partial charge in [-0.15, -0.1) is 0 Å². The van der Waals surface area contributed by atoms with E-state index >= 15 is 0 Å².